The molecular weight excluding hydrogens is 366 g/mol. The molecule has 2 nitrogen and oxygen atoms in total. The van der Waals surface area contributed by atoms with E-state index < -0.39 is 6.10 Å². The first-order chi connectivity index (χ1) is 14.5. The van der Waals surface area contributed by atoms with Crippen molar-refractivity contribution in [2.75, 3.05) is 6.54 Å². The Hall–Kier alpha value is -2.68. The molecule has 3 aliphatic rings. The van der Waals surface area contributed by atoms with Crippen LogP contribution in [0.3, 0.4) is 0 Å². The molecule has 0 amide bonds. The van der Waals surface area contributed by atoms with Crippen molar-refractivity contribution >= 4 is 23.8 Å². The van der Waals surface area contributed by atoms with Crippen LogP contribution in [-0.4, -0.2) is 23.8 Å². The van der Waals surface area contributed by atoms with Crippen LogP contribution < -0.4 is 15.8 Å². The fraction of sp³-hybridized carbons (Fsp3) is 0.286. The molecule has 0 radical (unpaired) electrons. The molecule has 0 saturated carbocycles. The van der Waals surface area contributed by atoms with Crippen molar-refractivity contribution in [2.45, 2.75) is 38.8 Å². The molecule has 2 heteroatoms. The fourth-order valence-corrected chi connectivity index (χ4v) is 5.14. The highest BCUT2D eigenvalue weighted by Gasteiger charge is 2.37. The third-order valence-corrected chi connectivity index (χ3v) is 6.60. The Kier molecular flexibility index (Phi) is 4.85. The number of allylic oxidation sites excluding steroid dienone is 3. The van der Waals surface area contributed by atoms with Crippen molar-refractivity contribution in [1.82, 2.24) is 5.32 Å². The molecule has 152 valence electrons. The van der Waals surface area contributed by atoms with Crippen molar-refractivity contribution in [3.8, 4) is 0 Å². The lowest BCUT2D eigenvalue weighted by Gasteiger charge is -2.39. The van der Waals surface area contributed by atoms with Crippen molar-refractivity contribution in [2.24, 2.45) is 5.41 Å². The molecule has 0 aliphatic heterocycles. The molecule has 0 aromatic heterocycles. The topological polar surface area (TPSA) is 32.3 Å². The Morgan fingerprint density at radius 1 is 1.03 bits per heavy atom. The minimum absolute atomic E-state index is 0.0613. The first kappa shape index (κ1) is 19.3. The number of benzene rings is 2. The number of hydrogen-bond donors (Lipinski definition) is 2. The Labute approximate surface area is 178 Å². The molecule has 0 saturated heterocycles. The molecule has 2 atom stereocenters. The van der Waals surface area contributed by atoms with Gasteiger partial charge in [0.1, 0.15) is 0 Å². The highest BCUT2D eigenvalue weighted by molar-refractivity contribution is 5.85. The van der Waals surface area contributed by atoms with E-state index in [0.29, 0.717) is 0 Å². The van der Waals surface area contributed by atoms with Crippen molar-refractivity contribution in [3.63, 3.8) is 0 Å². The van der Waals surface area contributed by atoms with E-state index in [-0.39, 0.29) is 11.5 Å². The van der Waals surface area contributed by atoms with Gasteiger partial charge < -0.3 is 10.4 Å². The van der Waals surface area contributed by atoms with Crippen LogP contribution >= 0.6 is 0 Å². The fourth-order valence-electron chi connectivity index (χ4n) is 5.14. The monoisotopic (exact) mass is 395 g/mol. The molecule has 2 N–H and O–H groups in total. The summed E-state index contributed by atoms with van der Waals surface area (Å²) in [6.45, 7) is 5.30. The second kappa shape index (κ2) is 7.54. The Balaban J connectivity index is 1.45. The highest BCUT2D eigenvalue weighted by Crippen LogP contribution is 2.42. The summed E-state index contributed by atoms with van der Waals surface area (Å²) in [4.78, 5) is 0. The second-order valence-electron chi connectivity index (χ2n) is 9.08. The zero-order valence-corrected chi connectivity index (χ0v) is 17.7. The van der Waals surface area contributed by atoms with Gasteiger partial charge in [0.2, 0.25) is 0 Å². The summed E-state index contributed by atoms with van der Waals surface area (Å²) >= 11 is 0. The first-order valence-electron chi connectivity index (χ1n) is 11.0. The summed E-state index contributed by atoms with van der Waals surface area (Å²) in [5.74, 6) is 0. The molecule has 0 spiro atoms. The van der Waals surface area contributed by atoms with Crippen LogP contribution in [0.15, 0.2) is 66.3 Å². The predicted molar refractivity (Wildman–Crippen MR) is 126 cm³/mol. The van der Waals surface area contributed by atoms with Gasteiger partial charge in [-0.1, -0.05) is 92.8 Å². The Morgan fingerprint density at radius 2 is 1.87 bits per heavy atom. The number of nitrogens with one attached hydrogen (secondary N) is 1. The molecule has 0 heterocycles. The zero-order chi connectivity index (χ0) is 20.7. The smallest absolute Gasteiger partial charge is 0.0956 e. The third kappa shape index (κ3) is 3.30. The molecule has 5 rings (SSSR count). The van der Waals surface area contributed by atoms with Crippen LogP contribution in [0.25, 0.3) is 23.8 Å². The lowest BCUT2D eigenvalue weighted by molar-refractivity contribution is 0.163. The number of aliphatic hydroxyl groups is 1. The van der Waals surface area contributed by atoms with Crippen LogP contribution in [0, 0.1) is 5.41 Å². The standard InChI is InChI=1S/C28H29NO/c1-28(2)18-24-21-11-7-6-10-20(21)12-13-22(24)23-14-15-25(27(30)26(23)28)29-17-16-19-8-4-3-5-9-19/h3-6,8-15,18,25,27,29-30H,7,16-17H2,1-2H3. The van der Waals surface area contributed by atoms with Crippen molar-refractivity contribution < 1.29 is 5.11 Å². The van der Waals surface area contributed by atoms with Gasteiger partial charge in [0, 0.05) is 5.41 Å². The summed E-state index contributed by atoms with van der Waals surface area (Å²) in [5, 5.41) is 17.6. The van der Waals surface area contributed by atoms with Gasteiger partial charge in [-0.15, -0.1) is 0 Å². The molecule has 2 unspecified atom stereocenters. The summed E-state index contributed by atoms with van der Waals surface area (Å²) in [6, 6.07) is 14.9. The van der Waals surface area contributed by atoms with E-state index in [0.717, 1.165) is 25.0 Å². The van der Waals surface area contributed by atoms with Gasteiger partial charge in [-0.05, 0) is 57.7 Å². The van der Waals surface area contributed by atoms with E-state index >= 15 is 0 Å². The van der Waals surface area contributed by atoms with Crippen LogP contribution in [0.2, 0.25) is 0 Å². The van der Waals surface area contributed by atoms with E-state index in [2.05, 4.69) is 92.0 Å². The lowest BCUT2D eigenvalue weighted by atomic mass is 9.69. The van der Waals surface area contributed by atoms with E-state index in [4.69, 9.17) is 0 Å². The normalized spacial score (nSPS) is 23.2. The van der Waals surface area contributed by atoms with Gasteiger partial charge in [0.25, 0.3) is 0 Å². The first-order valence-corrected chi connectivity index (χ1v) is 11.0. The number of rotatable bonds is 4. The maximum Gasteiger partial charge on any atom is 0.0956 e. The summed E-state index contributed by atoms with van der Waals surface area (Å²) in [6.07, 6.45) is 14.9. The third-order valence-electron chi connectivity index (χ3n) is 6.60. The van der Waals surface area contributed by atoms with Crippen molar-refractivity contribution in [1.29, 1.82) is 0 Å². The largest absolute Gasteiger partial charge is 0.387 e. The molecular formula is C28H29NO. The van der Waals surface area contributed by atoms with Gasteiger partial charge >= 0.3 is 0 Å². The summed E-state index contributed by atoms with van der Waals surface area (Å²) in [7, 11) is 0. The Bertz CT molecular complexity index is 1180. The van der Waals surface area contributed by atoms with E-state index in [1.54, 1.807) is 0 Å². The van der Waals surface area contributed by atoms with Crippen LogP contribution in [0.5, 0.6) is 0 Å². The second-order valence-corrected chi connectivity index (χ2v) is 9.08. The summed E-state index contributed by atoms with van der Waals surface area (Å²) in [5.41, 5.74) is 5.97. The van der Waals surface area contributed by atoms with Gasteiger partial charge in [-0.25, -0.2) is 0 Å². The van der Waals surface area contributed by atoms with Gasteiger partial charge in [-0.2, -0.15) is 0 Å². The van der Waals surface area contributed by atoms with Crippen LogP contribution in [-0.2, 0) is 6.42 Å². The maximum atomic E-state index is 11.4. The quantitative estimate of drug-likeness (QED) is 0.829. The van der Waals surface area contributed by atoms with Gasteiger partial charge in [-0.3, -0.25) is 0 Å². The van der Waals surface area contributed by atoms with E-state index in [9.17, 15) is 5.11 Å². The summed E-state index contributed by atoms with van der Waals surface area (Å²) < 4.78 is 0. The van der Waals surface area contributed by atoms with Crippen molar-refractivity contribution in [3.05, 3.63) is 93.4 Å². The molecule has 3 aliphatic carbocycles. The van der Waals surface area contributed by atoms with E-state index in [1.807, 2.05) is 6.07 Å². The number of aliphatic hydroxyl groups excluding tert-OH is 1. The SMILES string of the molecule is CC1(C)C=c2c(ccc3c2=CCC=C3)C2=C1C(O)C(NCCc1ccccc1)C=C2. The molecule has 30 heavy (non-hydrogen) atoms. The maximum absolute atomic E-state index is 11.4. The molecule has 0 bridgehead atoms. The zero-order valence-electron chi connectivity index (χ0n) is 17.7. The Morgan fingerprint density at radius 3 is 2.70 bits per heavy atom. The predicted octanol–water partition coefficient (Wildman–Crippen LogP) is 3.59. The van der Waals surface area contributed by atoms with E-state index in [1.165, 1.54) is 32.7 Å². The molecule has 2 aromatic carbocycles. The minimum Gasteiger partial charge on any atom is -0.387 e. The van der Waals surface area contributed by atoms with Crippen LogP contribution in [0.4, 0.5) is 0 Å². The molecule has 2 aromatic rings. The lowest BCUT2D eigenvalue weighted by Crippen LogP contribution is -2.47. The highest BCUT2D eigenvalue weighted by atomic mass is 16.3. The molecule has 0 fully saturated rings. The minimum atomic E-state index is -0.528. The number of fused-ring (bicyclic) bond motifs is 4. The number of hydrogen-bond acceptors (Lipinski definition) is 2. The van der Waals surface area contributed by atoms with Gasteiger partial charge in [0.05, 0.1) is 12.1 Å². The van der Waals surface area contributed by atoms with Crippen LogP contribution in [0.1, 0.15) is 37.0 Å². The average Bonchev–Trinajstić information content (AvgIpc) is 2.75. The van der Waals surface area contributed by atoms with Gasteiger partial charge in [0.15, 0.2) is 0 Å². The average molecular weight is 396 g/mol.